The number of ether oxygens (including phenoxy) is 1. The molecule has 0 saturated heterocycles. The molecule has 0 spiro atoms. The van der Waals surface area contributed by atoms with E-state index in [-0.39, 0.29) is 16.8 Å². The summed E-state index contributed by atoms with van der Waals surface area (Å²) in [6, 6.07) is 15.8. The first-order valence-corrected chi connectivity index (χ1v) is 10.0. The second-order valence-corrected chi connectivity index (χ2v) is 9.17. The second kappa shape index (κ2) is 6.87. The Balaban J connectivity index is 1.68. The third kappa shape index (κ3) is 3.48. The predicted molar refractivity (Wildman–Crippen MR) is 114 cm³/mol. The quantitative estimate of drug-likeness (QED) is 0.505. The van der Waals surface area contributed by atoms with Crippen LogP contribution < -0.4 is 0 Å². The van der Waals surface area contributed by atoms with E-state index in [1.54, 1.807) is 12.1 Å². The van der Waals surface area contributed by atoms with Gasteiger partial charge >= 0.3 is 5.97 Å². The van der Waals surface area contributed by atoms with Crippen LogP contribution in [0.4, 0.5) is 0 Å². The highest BCUT2D eigenvalue weighted by Gasteiger charge is 2.37. The Bertz CT molecular complexity index is 1060. The number of hydrogen-bond acceptors (Lipinski definition) is 4. The van der Waals surface area contributed by atoms with Gasteiger partial charge in [0.1, 0.15) is 5.69 Å². The Labute approximate surface area is 171 Å². The molecule has 4 heteroatoms. The van der Waals surface area contributed by atoms with Crippen molar-refractivity contribution in [1.82, 2.24) is 5.16 Å². The molecule has 150 valence electrons. The maximum absolute atomic E-state index is 11.6. The molecule has 1 aliphatic rings. The first kappa shape index (κ1) is 19.4. The van der Waals surface area contributed by atoms with E-state index in [0.29, 0.717) is 11.3 Å². The zero-order valence-corrected chi connectivity index (χ0v) is 17.7. The number of benzene rings is 2. The molecular weight excluding hydrogens is 362 g/mol. The lowest BCUT2D eigenvalue weighted by Gasteiger charge is -2.42. The fourth-order valence-electron chi connectivity index (χ4n) is 4.18. The van der Waals surface area contributed by atoms with Crippen LogP contribution in [0.1, 0.15) is 62.0 Å². The van der Waals surface area contributed by atoms with Gasteiger partial charge in [-0.25, -0.2) is 4.79 Å². The molecule has 1 aliphatic carbocycles. The molecule has 1 heterocycles. The summed E-state index contributed by atoms with van der Waals surface area (Å²) >= 11 is 0. The molecule has 1 aromatic heterocycles. The molecule has 29 heavy (non-hydrogen) atoms. The maximum atomic E-state index is 11.6. The highest BCUT2D eigenvalue weighted by Crippen LogP contribution is 2.46. The van der Waals surface area contributed by atoms with E-state index in [1.807, 2.05) is 18.2 Å². The molecule has 0 aliphatic heterocycles. The van der Waals surface area contributed by atoms with E-state index in [1.165, 1.54) is 31.1 Å². The zero-order valence-electron chi connectivity index (χ0n) is 17.7. The molecule has 0 amide bonds. The minimum Gasteiger partial charge on any atom is -0.465 e. The molecule has 0 saturated carbocycles. The van der Waals surface area contributed by atoms with Gasteiger partial charge in [0.25, 0.3) is 0 Å². The molecule has 0 N–H and O–H groups in total. The predicted octanol–water partition coefficient (Wildman–Crippen LogP) is 6.14. The number of hydrogen-bond donors (Lipinski definition) is 0. The summed E-state index contributed by atoms with van der Waals surface area (Å²) in [5.74, 6) is 0.322. The van der Waals surface area contributed by atoms with Crippen molar-refractivity contribution in [3.63, 3.8) is 0 Å². The summed E-state index contributed by atoms with van der Waals surface area (Å²) in [6.45, 7) is 9.30. The van der Waals surface area contributed by atoms with Gasteiger partial charge in [0.05, 0.1) is 12.7 Å². The van der Waals surface area contributed by atoms with Crippen LogP contribution in [0.15, 0.2) is 53.1 Å². The van der Waals surface area contributed by atoms with Gasteiger partial charge in [0.15, 0.2) is 5.76 Å². The number of esters is 1. The zero-order chi connectivity index (χ0) is 20.8. The highest BCUT2D eigenvalue weighted by atomic mass is 16.5. The van der Waals surface area contributed by atoms with Crippen molar-refractivity contribution in [3.05, 3.63) is 65.2 Å². The van der Waals surface area contributed by atoms with Gasteiger partial charge in [-0.1, -0.05) is 57.1 Å². The molecule has 0 atom stereocenters. The van der Waals surface area contributed by atoms with E-state index in [4.69, 9.17) is 9.26 Å². The van der Waals surface area contributed by atoms with Crippen molar-refractivity contribution >= 4 is 5.97 Å². The van der Waals surface area contributed by atoms with Crippen molar-refractivity contribution in [3.8, 4) is 22.6 Å². The molecule has 2 aromatic carbocycles. The van der Waals surface area contributed by atoms with Gasteiger partial charge in [0.2, 0.25) is 0 Å². The number of rotatable bonds is 3. The molecule has 0 radical (unpaired) electrons. The molecule has 4 rings (SSSR count). The lowest BCUT2D eigenvalue weighted by Crippen LogP contribution is -2.33. The fraction of sp³-hybridized carbons (Fsp3) is 0.360. The smallest absolute Gasteiger partial charge is 0.337 e. The third-order valence-electron chi connectivity index (χ3n) is 6.25. The molecule has 3 aromatic rings. The fourth-order valence-corrected chi connectivity index (χ4v) is 4.18. The number of carbonyl (C=O) groups excluding carboxylic acids is 1. The van der Waals surface area contributed by atoms with Crippen LogP contribution in [0.3, 0.4) is 0 Å². The Kier molecular flexibility index (Phi) is 4.60. The summed E-state index contributed by atoms with van der Waals surface area (Å²) in [6.07, 6.45) is 2.37. The standard InChI is InChI=1S/C25H27NO3/c1-24(2)12-13-25(3,4)20-14-18(10-11-19(20)24)21-15-22(29-26-21)16-6-8-17(9-7-16)23(27)28-5/h6-11,14-15H,12-13H2,1-5H3. The number of methoxy groups -OCH3 is 1. The van der Waals surface area contributed by atoms with Crippen LogP contribution >= 0.6 is 0 Å². The third-order valence-corrected chi connectivity index (χ3v) is 6.25. The Morgan fingerprint density at radius 3 is 2.17 bits per heavy atom. The number of fused-ring (bicyclic) bond motifs is 1. The Morgan fingerprint density at radius 2 is 1.52 bits per heavy atom. The number of carbonyl (C=O) groups is 1. The van der Waals surface area contributed by atoms with E-state index in [2.05, 4.69) is 51.1 Å². The minimum absolute atomic E-state index is 0.150. The average Bonchev–Trinajstić information content (AvgIpc) is 3.21. The van der Waals surface area contributed by atoms with Crippen LogP contribution in [0.5, 0.6) is 0 Å². The van der Waals surface area contributed by atoms with E-state index in [0.717, 1.165) is 16.8 Å². The average molecular weight is 389 g/mol. The van der Waals surface area contributed by atoms with Crippen LogP contribution in [-0.4, -0.2) is 18.2 Å². The van der Waals surface area contributed by atoms with Crippen LogP contribution in [0.25, 0.3) is 22.6 Å². The SMILES string of the molecule is COC(=O)c1ccc(-c2cc(-c3ccc4c(c3)C(C)(C)CCC4(C)C)no2)cc1. The summed E-state index contributed by atoms with van der Waals surface area (Å²) in [5, 5.41) is 4.30. The van der Waals surface area contributed by atoms with Gasteiger partial charge in [-0.05, 0) is 53.0 Å². The van der Waals surface area contributed by atoms with Crippen molar-refractivity contribution in [2.45, 2.75) is 51.4 Å². The molecular formula is C25H27NO3. The first-order valence-electron chi connectivity index (χ1n) is 10.0. The number of aromatic nitrogens is 1. The molecule has 4 nitrogen and oxygen atoms in total. The molecule has 0 unspecified atom stereocenters. The maximum Gasteiger partial charge on any atom is 0.337 e. The topological polar surface area (TPSA) is 52.3 Å². The summed E-state index contributed by atoms with van der Waals surface area (Å²) < 4.78 is 10.3. The second-order valence-electron chi connectivity index (χ2n) is 9.17. The van der Waals surface area contributed by atoms with Gasteiger partial charge in [0, 0.05) is 17.2 Å². The van der Waals surface area contributed by atoms with Gasteiger partial charge in [-0.3, -0.25) is 0 Å². The molecule has 0 bridgehead atoms. The van der Waals surface area contributed by atoms with E-state index < -0.39 is 0 Å². The summed E-state index contributed by atoms with van der Waals surface area (Å²) in [7, 11) is 1.37. The Morgan fingerprint density at radius 1 is 0.897 bits per heavy atom. The Hall–Kier alpha value is -2.88. The highest BCUT2D eigenvalue weighted by molar-refractivity contribution is 5.89. The summed E-state index contributed by atoms with van der Waals surface area (Å²) in [5.41, 5.74) is 6.44. The molecule has 0 fully saturated rings. The van der Waals surface area contributed by atoms with Crippen molar-refractivity contribution in [2.75, 3.05) is 7.11 Å². The van der Waals surface area contributed by atoms with Gasteiger partial charge in [-0.2, -0.15) is 0 Å². The summed E-state index contributed by atoms with van der Waals surface area (Å²) in [4.78, 5) is 11.6. The first-order chi connectivity index (χ1) is 13.7. The monoisotopic (exact) mass is 389 g/mol. The van der Waals surface area contributed by atoms with Crippen molar-refractivity contribution < 1.29 is 14.1 Å². The lowest BCUT2D eigenvalue weighted by molar-refractivity contribution is 0.0600. The van der Waals surface area contributed by atoms with Gasteiger partial charge < -0.3 is 9.26 Å². The van der Waals surface area contributed by atoms with E-state index in [9.17, 15) is 4.79 Å². The number of nitrogens with zero attached hydrogens (tertiary/aromatic N) is 1. The van der Waals surface area contributed by atoms with Crippen LogP contribution in [0, 0.1) is 0 Å². The normalized spacial score (nSPS) is 16.9. The van der Waals surface area contributed by atoms with Crippen molar-refractivity contribution in [2.24, 2.45) is 0 Å². The van der Waals surface area contributed by atoms with E-state index >= 15 is 0 Å². The van der Waals surface area contributed by atoms with Gasteiger partial charge in [-0.15, -0.1) is 0 Å². The van der Waals surface area contributed by atoms with Crippen LogP contribution in [-0.2, 0) is 15.6 Å². The van der Waals surface area contributed by atoms with Crippen LogP contribution in [0.2, 0.25) is 0 Å². The lowest BCUT2D eigenvalue weighted by atomic mass is 9.63. The minimum atomic E-state index is -0.352. The largest absolute Gasteiger partial charge is 0.465 e. The van der Waals surface area contributed by atoms with Crippen molar-refractivity contribution in [1.29, 1.82) is 0 Å².